The van der Waals surface area contributed by atoms with Crippen molar-refractivity contribution in [2.24, 2.45) is 0 Å². The molecule has 3 rings (SSSR count). The first-order chi connectivity index (χ1) is 48.4. The van der Waals surface area contributed by atoms with Crippen molar-refractivity contribution in [2.45, 2.75) is 432 Å². The van der Waals surface area contributed by atoms with E-state index >= 15 is 0 Å². The Hall–Kier alpha value is -2.53. The number of allylic oxidation sites excluding steroid dienone is 2. The van der Waals surface area contributed by atoms with Gasteiger partial charge in [0.15, 0.2) is 12.6 Å². The van der Waals surface area contributed by atoms with Gasteiger partial charge in [-0.2, -0.15) is 0 Å². The second-order valence-electron chi connectivity index (χ2n) is 29.3. The van der Waals surface area contributed by atoms with Crippen molar-refractivity contribution in [1.29, 1.82) is 0 Å². The topological polar surface area (TPSA) is 373 Å². The number of carboxylic acid groups (broad SMARTS) is 1. The second-order valence-corrected chi connectivity index (χ2v) is 29.3. The first kappa shape index (κ1) is 91.7. The van der Waals surface area contributed by atoms with Crippen LogP contribution in [0.2, 0.25) is 0 Å². The third-order valence-electron chi connectivity index (χ3n) is 20.5. The molecule has 0 spiro atoms. The van der Waals surface area contributed by atoms with E-state index in [-0.39, 0.29) is 18.9 Å². The van der Waals surface area contributed by atoms with E-state index in [2.05, 4.69) is 36.6 Å². The maximum atomic E-state index is 13.5. The molecular formula is C77H144N2O21. The summed E-state index contributed by atoms with van der Waals surface area (Å²) in [5.74, 6) is -6.10. The summed E-state index contributed by atoms with van der Waals surface area (Å²) in [6.45, 7) is 2.26. The Morgan fingerprint density at radius 1 is 0.510 bits per heavy atom. The van der Waals surface area contributed by atoms with Gasteiger partial charge in [-0.15, -0.1) is 0 Å². The smallest absolute Gasteiger partial charge is 0.364 e. The minimum absolute atomic E-state index is 0.221. The summed E-state index contributed by atoms with van der Waals surface area (Å²) in [6.07, 6.45) is 30.6. The van der Waals surface area contributed by atoms with Crippen LogP contribution >= 0.6 is 0 Å². The van der Waals surface area contributed by atoms with E-state index < -0.39 is 148 Å². The highest BCUT2D eigenvalue weighted by Gasteiger charge is 2.60. The quantitative estimate of drug-likeness (QED) is 0.0199. The van der Waals surface area contributed by atoms with Crippen molar-refractivity contribution in [3.63, 3.8) is 0 Å². The van der Waals surface area contributed by atoms with Crippen molar-refractivity contribution in [2.75, 3.05) is 26.4 Å². The number of aliphatic hydroxyl groups excluding tert-OH is 11. The zero-order valence-corrected chi connectivity index (χ0v) is 62.1. The van der Waals surface area contributed by atoms with Crippen LogP contribution in [0, 0.1) is 0 Å². The number of hydrogen-bond acceptors (Lipinski definition) is 20. The maximum absolute atomic E-state index is 13.5. The molecule has 23 heteroatoms. The predicted octanol–water partition coefficient (Wildman–Crippen LogP) is 10.2. The molecule has 3 aliphatic rings. The Morgan fingerprint density at radius 3 is 1.35 bits per heavy atom. The summed E-state index contributed by atoms with van der Waals surface area (Å²) in [5.41, 5.74) is 0. The monoisotopic (exact) mass is 1430 g/mol. The average Bonchev–Trinajstić information content (AvgIpc) is 0.757. The molecule has 2 amide bonds. The first-order valence-electron chi connectivity index (χ1n) is 40.0. The highest BCUT2D eigenvalue weighted by atomic mass is 16.8. The fraction of sp³-hybridized carbons (Fsp3) is 0.935. The number of nitrogens with one attached hydrogen (secondary N) is 2. The third-order valence-corrected chi connectivity index (χ3v) is 20.5. The van der Waals surface area contributed by atoms with Crippen molar-refractivity contribution >= 4 is 17.8 Å². The molecule has 23 nitrogen and oxygen atoms in total. The molecule has 14 N–H and O–H groups in total. The van der Waals surface area contributed by atoms with E-state index in [0.717, 1.165) is 84.0 Å². The number of aliphatic carboxylic acids is 1. The highest BCUT2D eigenvalue weighted by Crippen LogP contribution is 2.39. The maximum Gasteiger partial charge on any atom is 0.364 e. The van der Waals surface area contributed by atoms with Gasteiger partial charge in [-0.05, 0) is 38.5 Å². The van der Waals surface area contributed by atoms with Gasteiger partial charge >= 0.3 is 5.97 Å². The summed E-state index contributed by atoms with van der Waals surface area (Å²) in [5, 5.41) is 137. The van der Waals surface area contributed by atoms with Crippen LogP contribution in [0.5, 0.6) is 0 Å². The minimum atomic E-state index is -3.08. The van der Waals surface area contributed by atoms with Crippen molar-refractivity contribution in [1.82, 2.24) is 10.6 Å². The minimum Gasteiger partial charge on any atom is -0.477 e. The molecule has 0 aromatic heterocycles. The van der Waals surface area contributed by atoms with Gasteiger partial charge in [-0.25, -0.2) is 4.79 Å². The zero-order chi connectivity index (χ0) is 73.2. The van der Waals surface area contributed by atoms with E-state index in [1.807, 2.05) is 0 Å². The summed E-state index contributed by atoms with van der Waals surface area (Å²) in [4.78, 5) is 38.7. The lowest BCUT2D eigenvalue weighted by Crippen LogP contribution is -2.70. The molecule has 3 fully saturated rings. The van der Waals surface area contributed by atoms with E-state index in [1.54, 1.807) is 0 Å². The molecule has 18 atom stereocenters. The Labute approximate surface area is 601 Å². The Kier molecular flexibility index (Phi) is 52.0. The van der Waals surface area contributed by atoms with Crippen LogP contribution < -0.4 is 10.6 Å². The molecule has 0 aromatic rings. The van der Waals surface area contributed by atoms with Gasteiger partial charge in [0.2, 0.25) is 11.8 Å². The number of carboxylic acids is 1. The first-order valence-corrected chi connectivity index (χ1v) is 40.0. The molecule has 0 aliphatic carbocycles. The normalized spacial score (nSPS) is 27.0. The Bertz CT molecular complexity index is 2050. The SMILES string of the molecule is CCCCCCCCCCCCC/C=C\CCCCCCCCCC(=O)NC(COC1OC(CO)C(OC2OC(CO)C(O)C(OC3(C(=O)O)CC(O)C(NC(C)=O)C(C(O)C(O)CO)O3)C2O)C(O)C1O)C(O)CCCCCCCCCCCCCCCCCCCCCCCCCC. The van der Waals surface area contributed by atoms with Crippen LogP contribution in [0.15, 0.2) is 12.2 Å². The van der Waals surface area contributed by atoms with Crippen molar-refractivity contribution in [3.8, 4) is 0 Å². The van der Waals surface area contributed by atoms with Crippen LogP contribution in [0.1, 0.15) is 323 Å². The van der Waals surface area contributed by atoms with Crippen LogP contribution in [0.3, 0.4) is 0 Å². The third kappa shape index (κ3) is 37.1. The molecule has 0 bridgehead atoms. The number of amides is 2. The van der Waals surface area contributed by atoms with Crippen molar-refractivity contribution < 1.29 is 104 Å². The summed E-state index contributed by atoms with van der Waals surface area (Å²) < 4.78 is 35.0. The van der Waals surface area contributed by atoms with E-state index in [1.165, 1.54) is 193 Å². The molecule has 18 unspecified atom stereocenters. The fourth-order valence-electron chi connectivity index (χ4n) is 14.1. The summed E-state index contributed by atoms with van der Waals surface area (Å²) >= 11 is 0. The predicted molar refractivity (Wildman–Crippen MR) is 385 cm³/mol. The van der Waals surface area contributed by atoms with E-state index in [4.69, 9.17) is 28.4 Å². The fourth-order valence-corrected chi connectivity index (χ4v) is 14.1. The lowest BCUT2D eigenvalue weighted by Gasteiger charge is -2.50. The van der Waals surface area contributed by atoms with Gasteiger partial charge in [0, 0.05) is 19.8 Å². The van der Waals surface area contributed by atoms with Gasteiger partial charge in [0.1, 0.15) is 67.1 Å². The van der Waals surface area contributed by atoms with Gasteiger partial charge in [0.05, 0.1) is 50.7 Å². The number of rotatable bonds is 63. The highest BCUT2D eigenvalue weighted by molar-refractivity contribution is 5.77. The summed E-state index contributed by atoms with van der Waals surface area (Å²) in [6, 6.07) is -2.53. The lowest BCUT2D eigenvalue weighted by molar-refractivity contribution is -0.386. The molecule has 3 heterocycles. The number of ether oxygens (including phenoxy) is 6. The Morgan fingerprint density at radius 2 is 0.930 bits per heavy atom. The van der Waals surface area contributed by atoms with Crippen LogP contribution in [-0.2, 0) is 42.8 Å². The number of hydrogen-bond donors (Lipinski definition) is 14. The average molecular weight is 1430 g/mol. The van der Waals surface area contributed by atoms with E-state index in [0.29, 0.717) is 19.3 Å². The van der Waals surface area contributed by atoms with Gasteiger partial charge in [0.25, 0.3) is 5.79 Å². The second kappa shape index (κ2) is 56.8. The number of carbonyl (C=O) groups excluding carboxylic acids is 2. The Balaban J connectivity index is 1.53. The van der Waals surface area contributed by atoms with Gasteiger partial charge in [-0.1, -0.05) is 276 Å². The standard InChI is InChI=1S/C77H144N2O21/c1-4-6-8-10-12-14-16-18-20-22-24-26-28-29-30-32-34-36-38-40-42-44-46-48-50-59(84)58(79-64(87)51-49-47-45-43-41-39-37-35-33-31-27-25-23-21-19-17-15-13-11-9-7-5-2)56-95-74-69(91)68(90)71(63(55-82)97-74)98-75-70(92)73(67(89)62(54-81)96-75)100-77(76(93)94)52-60(85)65(78-57(3)83)72(99-77)66(88)61(86)53-80/h31,33,58-63,65-75,80-82,84-86,88-92H,4-30,32,34-56H2,1-3H3,(H,78,83)(H,79,87)(H,93,94)/b33-31-. The molecule has 0 saturated carbocycles. The van der Waals surface area contributed by atoms with Crippen LogP contribution in [0.25, 0.3) is 0 Å². The lowest BCUT2D eigenvalue weighted by atomic mass is 9.88. The molecule has 100 heavy (non-hydrogen) atoms. The molecule has 0 radical (unpaired) electrons. The van der Waals surface area contributed by atoms with Crippen LogP contribution in [0.4, 0.5) is 0 Å². The largest absolute Gasteiger partial charge is 0.477 e. The molecule has 3 saturated heterocycles. The number of aliphatic hydroxyl groups is 11. The van der Waals surface area contributed by atoms with Crippen LogP contribution in [-0.4, -0.2) is 215 Å². The number of unbranched alkanes of at least 4 members (excludes halogenated alkanes) is 41. The molecule has 588 valence electrons. The van der Waals surface area contributed by atoms with Gasteiger partial charge in [-0.3, -0.25) is 9.59 Å². The molecular weight excluding hydrogens is 1290 g/mol. The molecule has 3 aliphatic heterocycles. The molecule has 0 aromatic carbocycles. The van der Waals surface area contributed by atoms with Crippen molar-refractivity contribution in [3.05, 3.63) is 12.2 Å². The zero-order valence-electron chi connectivity index (χ0n) is 62.1. The summed E-state index contributed by atoms with van der Waals surface area (Å²) in [7, 11) is 0. The number of carbonyl (C=O) groups is 3. The van der Waals surface area contributed by atoms with Gasteiger partial charge < -0.3 is 100 Å². The van der Waals surface area contributed by atoms with E-state index in [9.17, 15) is 75.7 Å².